The van der Waals surface area contributed by atoms with Crippen LogP contribution in [0.4, 0.5) is 10.1 Å². The summed E-state index contributed by atoms with van der Waals surface area (Å²) < 4.78 is 19.8. The third-order valence-corrected chi connectivity index (χ3v) is 3.60. The Labute approximate surface area is 141 Å². The van der Waals surface area contributed by atoms with Gasteiger partial charge in [0.15, 0.2) is 11.9 Å². The van der Waals surface area contributed by atoms with Crippen molar-refractivity contribution >= 4 is 33.3 Å². The van der Waals surface area contributed by atoms with E-state index in [0.717, 1.165) is 0 Å². The number of carbonyl (C=O) groups is 2. The Hall–Kier alpha value is -2.21. The molecular formula is C17H15BrFNO3. The lowest BCUT2D eigenvalue weighted by Crippen LogP contribution is -2.30. The van der Waals surface area contributed by atoms with Crippen LogP contribution < -0.4 is 10.1 Å². The van der Waals surface area contributed by atoms with E-state index in [4.69, 9.17) is 4.74 Å². The standard InChI is InChI=1S/C17H15BrFNO3/c1-10(21)12-4-3-5-14(8-12)23-11(2)17(22)20-16-7-6-13(18)9-15(16)19/h3-9,11H,1-2H3,(H,20,22)/t11-/m1/s1. The largest absolute Gasteiger partial charge is 0.481 e. The molecule has 0 bridgehead atoms. The number of hydrogen-bond acceptors (Lipinski definition) is 3. The molecule has 0 aliphatic heterocycles. The van der Waals surface area contributed by atoms with Crippen LogP contribution >= 0.6 is 15.9 Å². The Kier molecular flexibility index (Phi) is 5.50. The van der Waals surface area contributed by atoms with Gasteiger partial charge < -0.3 is 10.1 Å². The molecule has 2 rings (SSSR count). The van der Waals surface area contributed by atoms with E-state index in [2.05, 4.69) is 21.2 Å². The Bertz CT molecular complexity index is 748. The fourth-order valence-electron chi connectivity index (χ4n) is 1.87. The van der Waals surface area contributed by atoms with E-state index in [1.54, 1.807) is 37.3 Å². The van der Waals surface area contributed by atoms with Crippen molar-refractivity contribution in [2.75, 3.05) is 5.32 Å². The van der Waals surface area contributed by atoms with Gasteiger partial charge in [0.25, 0.3) is 5.91 Å². The molecule has 6 heteroatoms. The molecule has 0 fully saturated rings. The average molecular weight is 380 g/mol. The van der Waals surface area contributed by atoms with Crippen LogP contribution in [0.5, 0.6) is 5.75 Å². The van der Waals surface area contributed by atoms with Crippen molar-refractivity contribution in [3.63, 3.8) is 0 Å². The zero-order valence-electron chi connectivity index (χ0n) is 12.6. The van der Waals surface area contributed by atoms with Gasteiger partial charge in [-0.2, -0.15) is 0 Å². The van der Waals surface area contributed by atoms with Crippen LogP contribution in [0.2, 0.25) is 0 Å². The van der Waals surface area contributed by atoms with Gasteiger partial charge in [0.05, 0.1) is 5.69 Å². The molecule has 0 aromatic heterocycles. The average Bonchev–Trinajstić information content (AvgIpc) is 2.50. The molecule has 4 nitrogen and oxygen atoms in total. The minimum atomic E-state index is -0.847. The van der Waals surface area contributed by atoms with Gasteiger partial charge in [0.1, 0.15) is 11.6 Å². The Morgan fingerprint density at radius 2 is 1.96 bits per heavy atom. The highest BCUT2D eigenvalue weighted by atomic mass is 79.9. The number of benzene rings is 2. The summed E-state index contributed by atoms with van der Waals surface area (Å²) in [5.74, 6) is -0.723. The lowest BCUT2D eigenvalue weighted by atomic mass is 10.1. The van der Waals surface area contributed by atoms with Crippen molar-refractivity contribution in [1.82, 2.24) is 0 Å². The van der Waals surface area contributed by atoms with Crippen molar-refractivity contribution in [2.24, 2.45) is 0 Å². The Morgan fingerprint density at radius 1 is 1.22 bits per heavy atom. The summed E-state index contributed by atoms with van der Waals surface area (Å²) in [5.41, 5.74) is 0.570. The molecule has 120 valence electrons. The van der Waals surface area contributed by atoms with Crippen LogP contribution in [-0.4, -0.2) is 17.8 Å². The number of anilines is 1. The van der Waals surface area contributed by atoms with E-state index >= 15 is 0 Å². The van der Waals surface area contributed by atoms with E-state index < -0.39 is 17.8 Å². The lowest BCUT2D eigenvalue weighted by molar-refractivity contribution is -0.122. The first-order chi connectivity index (χ1) is 10.9. The van der Waals surface area contributed by atoms with E-state index in [1.807, 2.05) is 0 Å². The number of halogens is 2. The summed E-state index contributed by atoms with van der Waals surface area (Å²) in [7, 11) is 0. The van der Waals surface area contributed by atoms with E-state index in [-0.39, 0.29) is 11.5 Å². The second-order valence-electron chi connectivity index (χ2n) is 4.96. The number of hydrogen-bond donors (Lipinski definition) is 1. The van der Waals surface area contributed by atoms with Gasteiger partial charge >= 0.3 is 0 Å². The van der Waals surface area contributed by atoms with E-state index in [0.29, 0.717) is 15.8 Å². The minimum Gasteiger partial charge on any atom is -0.481 e. The summed E-state index contributed by atoms with van der Waals surface area (Å²) in [5, 5.41) is 2.47. The van der Waals surface area contributed by atoms with Crippen molar-refractivity contribution in [3.8, 4) is 5.75 Å². The van der Waals surface area contributed by atoms with Crippen molar-refractivity contribution in [2.45, 2.75) is 20.0 Å². The van der Waals surface area contributed by atoms with Crippen LogP contribution in [0.15, 0.2) is 46.9 Å². The zero-order chi connectivity index (χ0) is 17.0. The molecule has 0 aliphatic carbocycles. The van der Waals surface area contributed by atoms with Crippen molar-refractivity contribution in [3.05, 3.63) is 58.3 Å². The Balaban J connectivity index is 2.05. The van der Waals surface area contributed by atoms with Gasteiger partial charge in [-0.25, -0.2) is 4.39 Å². The zero-order valence-corrected chi connectivity index (χ0v) is 14.2. The predicted molar refractivity (Wildman–Crippen MR) is 89.3 cm³/mol. The molecule has 2 aromatic rings. The third kappa shape index (κ3) is 4.63. The molecule has 0 spiro atoms. The monoisotopic (exact) mass is 379 g/mol. The minimum absolute atomic E-state index is 0.0751. The summed E-state index contributed by atoms with van der Waals surface area (Å²) in [6, 6.07) is 10.9. The first-order valence-electron chi connectivity index (χ1n) is 6.90. The summed E-state index contributed by atoms with van der Waals surface area (Å²) in [6.07, 6.45) is -0.847. The SMILES string of the molecule is CC(=O)c1cccc(O[C@H](C)C(=O)Nc2ccc(Br)cc2F)c1. The van der Waals surface area contributed by atoms with Crippen LogP contribution in [0.3, 0.4) is 0 Å². The molecule has 0 aliphatic rings. The second-order valence-corrected chi connectivity index (χ2v) is 5.87. The molecular weight excluding hydrogens is 365 g/mol. The molecule has 1 amide bonds. The molecule has 1 N–H and O–H groups in total. The van der Waals surface area contributed by atoms with E-state index in [9.17, 15) is 14.0 Å². The molecule has 0 saturated carbocycles. The Morgan fingerprint density at radius 3 is 2.61 bits per heavy atom. The van der Waals surface area contributed by atoms with Crippen LogP contribution in [0.1, 0.15) is 24.2 Å². The maximum absolute atomic E-state index is 13.7. The quantitative estimate of drug-likeness (QED) is 0.792. The van der Waals surface area contributed by atoms with E-state index in [1.165, 1.54) is 19.1 Å². The number of ketones is 1. The van der Waals surface area contributed by atoms with Gasteiger partial charge in [-0.05, 0) is 44.2 Å². The van der Waals surface area contributed by atoms with Crippen molar-refractivity contribution < 1.29 is 18.7 Å². The second kappa shape index (κ2) is 7.37. The summed E-state index contributed by atoms with van der Waals surface area (Å²) in [4.78, 5) is 23.4. The third-order valence-electron chi connectivity index (χ3n) is 3.11. The fourth-order valence-corrected chi connectivity index (χ4v) is 2.20. The number of rotatable bonds is 5. The number of ether oxygens (including phenoxy) is 1. The fraction of sp³-hybridized carbons (Fsp3) is 0.176. The first kappa shape index (κ1) is 17.1. The van der Waals surface area contributed by atoms with Gasteiger partial charge in [-0.15, -0.1) is 0 Å². The van der Waals surface area contributed by atoms with Gasteiger partial charge in [0.2, 0.25) is 0 Å². The topological polar surface area (TPSA) is 55.4 Å². The number of carbonyl (C=O) groups excluding carboxylic acids is 2. The number of amides is 1. The van der Waals surface area contributed by atoms with Crippen molar-refractivity contribution in [1.29, 1.82) is 0 Å². The highest BCUT2D eigenvalue weighted by Gasteiger charge is 2.17. The van der Waals surface area contributed by atoms with Gasteiger partial charge in [-0.1, -0.05) is 28.1 Å². The molecule has 0 radical (unpaired) electrons. The number of nitrogens with one attached hydrogen (secondary N) is 1. The highest BCUT2D eigenvalue weighted by molar-refractivity contribution is 9.10. The smallest absolute Gasteiger partial charge is 0.265 e. The first-order valence-corrected chi connectivity index (χ1v) is 7.69. The maximum Gasteiger partial charge on any atom is 0.265 e. The lowest BCUT2D eigenvalue weighted by Gasteiger charge is -2.15. The molecule has 1 atom stereocenters. The molecule has 23 heavy (non-hydrogen) atoms. The van der Waals surface area contributed by atoms with Crippen LogP contribution in [0, 0.1) is 5.82 Å². The summed E-state index contributed by atoms with van der Waals surface area (Å²) >= 11 is 3.15. The molecule has 0 heterocycles. The van der Waals surface area contributed by atoms with Gasteiger partial charge in [0, 0.05) is 10.0 Å². The molecule has 0 saturated heterocycles. The summed E-state index contributed by atoms with van der Waals surface area (Å²) in [6.45, 7) is 3.00. The molecule has 0 unspecified atom stereocenters. The number of Topliss-reactive ketones (excluding diaryl/α,β-unsaturated/α-hetero) is 1. The van der Waals surface area contributed by atoms with Crippen LogP contribution in [0.25, 0.3) is 0 Å². The molecule has 2 aromatic carbocycles. The predicted octanol–water partition coefficient (Wildman–Crippen LogP) is 4.20. The normalized spacial score (nSPS) is 11.7. The van der Waals surface area contributed by atoms with Crippen LogP contribution in [-0.2, 0) is 4.79 Å². The maximum atomic E-state index is 13.7. The highest BCUT2D eigenvalue weighted by Crippen LogP contribution is 2.20. The van der Waals surface area contributed by atoms with Gasteiger partial charge in [-0.3, -0.25) is 9.59 Å².